The van der Waals surface area contributed by atoms with Gasteiger partial charge in [0.2, 0.25) is 0 Å². The molecule has 17 heavy (non-hydrogen) atoms. The number of ether oxygens (including phenoxy) is 3. The lowest BCUT2D eigenvalue weighted by Gasteiger charge is -2.18. The number of carbonyl (C=O) groups excluding carboxylic acids is 1. The van der Waals surface area contributed by atoms with Crippen molar-refractivity contribution in [3.05, 3.63) is 29.3 Å². The molecule has 4 heteroatoms. The summed E-state index contributed by atoms with van der Waals surface area (Å²) in [4.78, 5) is 11.3. The second kappa shape index (κ2) is 4.13. The molecular weight excluding hydrogens is 220 g/mol. The maximum atomic E-state index is 11.3. The van der Waals surface area contributed by atoms with Crippen LogP contribution in [0.15, 0.2) is 23.8 Å². The summed E-state index contributed by atoms with van der Waals surface area (Å²) in [5, 5.41) is 0. The molecule has 1 aromatic carbocycles. The van der Waals surface area contributed by atoms with Crippen molar-refractivity contribution < 1.29 is 19.0 Å². The summed E-state index contributed by atoms with van der Waals surface area (Å²) in [6.45, 7) is 1.63. The second-order valence-electron chi connectivity index (χ2n) is 3.96. The molecule has 1 fully saturated rings. The van der Waals surface area contributed by atoms with Gasteiger partial charge in [-0.25, -0.2) is 4.79 Å². The number of fused-ring (bicyclic) bond motifs is 1. The van der Waals surface area contributed by atoms with E-state index in [0.29, 0.717) is 31.8 Å². The Morgan fingerprint density at radius 1 is 1.00 bits per heavy atom. The Labute approximate surface area is 98.8 Å². The molecule has 2 heterocycles. The number of carbonyl (C=O) groups is 1. The fourth-order valence-corrected chi connectivity index (χ4v) is 1.93. The van der Waals surface area contributed by atoms with Gasteiger partial charge in [-0.3, -0.25) is 0 Å². The van der Waals surface area contributed by atoms with Crippen molar-refractivity contribution in [3.8, 4) is 11.5 Å². The van der Waals surface area contributed by atoms with Gasteiger partial charge in [0.15, 0.2) is 11.5 Å². The molecule has 0 aromatic heterocycles. The van der Waals surface area contributed by atoms with Crippen LogP contribution < -0.4 is 9.47 Å². The number of rotatable bonds is 1. The van der Waals surface area contributed by atoms with Crippen molar-refractivity contribution >= 4 is 12.0 Å². The van der Waals surface area contributed by atoms with Crippen molar-refractivity contribution in [1.29, 1.82) is 0 Å². The third kappa shape index (κ3) is 1.98. The molecule has 1 saturated heterocycles. The van der Waals surface area contributed by atoms with Crippen LogP contribution in [-0.4, -0.2) is 25.8 Å². The maximum Gasteiger partial charge on any atom is 0.334 e. The SMILES string of the molecule is O=C1OCC/C1=C\c1ccc2c(c1)OCCO2. The van der Waals surface area contributed by atoms with Gasteiger partial charge in [0, 0.05) is 12.0 Å². The Hall–Kier alpha value is -1.97. The van der Waals surface area contributed by atoms with Gasteiger partial charge < -0.3 is 14.2 Å². The van der Waals surface area contributed by atoms with Crippen LogP contribution in [0.4, 0.5) is 0 Å². The summed E-state index contributed by atoms with van der Waals surface area (Å²) >= 11 is 0. The van der Waals surface area contributed by atoms with E-state index in [9.17, 15) is 4.79 Å². The van der Waals surface area contributed by atoms with Gasteiger partial charge in [-0.2, -0.15) is 0 Å². The molecule has 0 bridgehead atoms. The average Bonchev–Trinajstić information content (AvgIpc) is 2.75. The summed E-state index contributed by atoms with van der Waals surface area (Å²) in [6, 6.07) is 5.65. The Morgan fingerprint density at radius 2 is 1.82 bits per heavy atom. The lowest BCUT2D eigenvalue weighted by atomic mass is 10.1. The average molecular weight is 232 g/mol. The Kier molecular flexibility index (Phi) is 2.48. The third-order valence-electron chi connectivity index (χ3n) is 2.77. The van der Waals surface area contributed by atoms with Gasteiger partial charge in [0.05, 0.1) is 6.61 Å². The zero-order chi connectivity index (χ0) is 11.7. The monoisotopic (exact) mass is 232 g/mol. The molecule has 88 valence electrons. The van der Waals surface area contributed by atoms with Crippen LogP contribution in [0.5, 0.6) is 11.5 Å². The van der Waals surface area contributed by atoms with Gasteiger partial charge in [0.1, 0.15) is 13.2 Å². The van der Waals surface area contributed by atoms with Gasteiger partial charge >= 0.3 is 5.97 Å². The summed E-state index contributed by atoms with van der Waals surface area (Å²) in [6.07, 6.45) is 2.51. The molecule has 0 saturated carbocycles. The number of esters is 1. The van der Waals surface area contributed by atoms with Gasteiger partial charge in [-0.1, -0.05) is 6.07 Å². The summed E-state index contributed by atoms with van der Waals surface area (Å²) in [7, 11) is 0. The van der Waals surface area contributed by atoms with Crippen LogP contribution >= 0.6 is 0 Å². The first-order valence-electron chi connectivity index (χ1n) is 5.60. The molecule has 4 nitrogen and oxygen atoms in total. The number of hydrogen-bond donors (Lipinski definition) is 0. The Morgan fingerprint density at radius 3 is 2.59 bits per heavy atom. The molecule has 0 unspecified atom stereocenters. The largest absolute Gasteiger partial charge is 0.486 e. The normalized spacial score (nSPS) is 20.5. The number of hydrogen-bond acceptors (Lipinski definition) is 4. The first-order chi connectivity index (χ1) is 8.33. The fraction of sp³-hybridized carbons (Fsp3) is 0.308. The Balaban J connectivity index is 1.91. The number of benzene rings is 1. The second-order valence-corrected chi connectivity index (χ2v) is 3.96. The van der Waals surface area contributed by atoms with Crippen molar-refractivity contribution in [1.82, 2.24) is 0 Å². The molecule has 0 spiro atoms. The van der Waals surface area contributed by atoms with Crippen LogP contribution in [-0.2, 0) is 9.53 Å². The third-order valence-corrected chi connectivity index (χ3v) is 2.77. The molecule has 3 rings (SSSR count). The predicted molar refractivity (Wildman–Crippen MR) is 61.0 cm³/mol. The summed E-state index contributed by atoms with van der Waals surface area (Å²) < 4.78 is 15.8. The van der Waals surface area contributed by atoms with E-state index in [1.807, 2.05) is 24.3 Å². The summed E-state index contributed by atoms with van der Waals surface area (Å²) in [5.74, 6) is 1.27. The lowest BCUT2D eigenvalue weighted by molar-refractivity contribution is -0.134. The van der Waals surface area contributed by atoms with Crippen LogP contribution in [0.25, 0.3) is 6.08 Å². The first-order valence-corrected chi connectivity index (χ1v) is 5.60. The maximum absolute atomic E-state index is 11.3. The molecule has 0 N–H and O–H groups in total. The highest BCUT2D eigenvalue weighted by Crippen LogP contribution is 2.31. The first kappa shape index (κ1) is 10.2. The highest BCUT2D eigenvalue weighted by Gasteiger charge is 2.19. The van der Waals surface area contributed by atoms with Crippen molar-refractivity contribution in [3.63, 3.8) is 0 Å². The van der Waals surface area contributed by atoms with Crippen LogP contribution in [0, 0.1) is 0 Å². The van der Waals surface area contributed by atoms with Gasteiger partial charge in [-0.05, 0) is 23.8 Å². The van der Waals surface area contributed by atoms with Gasteiger partial charge in [0.25, 0.3) is 0 Å². The molecule has 0 radical (unpaired) electrons. The molecular formula is C13H12O4. The van der Waals surface area contributed by atoms with E-state index in [0.717, 1.165) is 17.1 Å². The van der Waals surface area contributed by atoms with E-state index in [1.54, 1.807) is 0 Å². The molecule has 0 atom stereocenters. The van der Waals surface area contributed by atoms with E-state index in [4.69, 9.17) is 14.2 Å². The van der Waals surface area contributed by atoms with E-state index in [-0.39, 0.29) is 5.97 Å². The topological polar surface area (TPSA) is 44.8 Å². The van der Waals surface area contributed by atoms with E-state index >= 15 is 0 Å². The smallest absolute Gasteiger partial charge is 0.334 e. The zero-order valence-corrected chi connectivity index (χ0v) is 9.27. The van der Waals surface area contributed by atoms with E-state index in [1.165, 1.54) is 0 Å². The van der Waals surface area contributed by atoms with Crippen LogP contribution in [0.1, 0.15) is 12.0 Å². The zero-order valence-electron chi connectivity index (χ0n) is 9.27. The molecule has 1 aromatic rings. The van der Waals surface area contributed by atoms with E-state index < -0.39 is 0 Å². The molecule has 2 aliphatic rings. The minimum atomic E-state index is -0.222. The standard InChI is InChI=1S/C13H12O4/c14-13-10(3-4-17-13)7-9-1-2-11-12(8-9)16-6-5-15-11/h1-2,7-8H,3-6H2/b10-7+. The van der Waals surface area contributed by atoms with E-state index in [2.05, 4.69) is 0 Å². The molecule has 0 amide bonds. The van der Waals surface area contributed by atoms with Crippen LogP contribution in [0.3, 0.4) is 0 Å². The highest BCUT2D eigenvalue weighted by atomic mass is 16.6. The van der Waals surface area contributed by atoms with Crippen molar-refractivity contribution in [2.24, 2.45) is 0 Å². The molecule has 2 aliphatic heterocycles. The van der Waals surface area contributed by atoms with Crippen molar-refractivity contribution in [2.45, 2.75) is 6.42 Å². The fourth-order valence-electron chi connectivity index (χ4n) is 1.93. The quantitative estimate of drug-likeness (QED) is 0.547. The molecule has 0 aliphatic carbocycles. The van der Waals surface area contributed by atoms with Crippen molar-refractivity contribution in [2.75, 3.05) is 19.8 Å². The minimum Gasteiger partial charge on any atom is -0.486 e. The minimum absolute atomic E-state index is 0.222. The summed E-state index contributed by atoms with van der Waals surface area (Å²) in [5.41, 5.74) is 1.64. The highest BCUT2D eigenvalue weighted by molar-refractivity contribution is 5.95. The van der Waals surface area contributed by atoms with Gasteiger partial charge in [-0.15, -0.1) is 0 Å². The lowest BCUT2D eigenvalue weighted by Crippen LogP contribution is -2.15. The Bertz CT molecular complexity index is 490. The predicted octanol–water partition coefficient (Wildman–Crippen LogP) is 1.79. The van der Waals surface area contributed by atoms with Crippen LogP contribution in [0.2, 0.25) is 0 Å². The number of cyclic esters (lactones) is 1.